The monoisotopic (exact) mass is 412 g/mol. The molecule has 0 radical (unpaired) electrons. The Morgan fingerprint density at radius 2 is 1.85 bits per heavy atom. The molecule has 0 aromatic heterocycles. The summed E-state index contributed by atoms with van der Waals surface area (Å²) in [6.07, 6.45) is 3.06. The number of rotatable bonds is 3. The fourth-order valence-electron chi connectivity index (χ4n) is 0.404. The van der Waals surface area contributed by atoms with Crippen LogP contribution in [0.1, 0.15) is 6.92 Å². The van der Waals surface area contributed by atoms with E-state index in [2.05, 4.69) is 12.7 Å². The Labute approximate surface area is 100.0 Å². The van der Waals surface area contributed by atoms with Crippen LogP contribution in [0.25, 0.3) is 0 Å². The van der Waals surface area contributed by atoms with Crippen LogP contribution in [-0.4, -0.2) is 6.18 Å². The van der Waals surface area contributed by atoms with E-state index in [1.807, 2.05) is 0 Å². The zero-order valence-corrected chi connectivity index (χ0v) is 11.3. The molecule has 0 aliphatic rings. The van der Waals surface area contributed by atoms with E-state index in [4.69, 9.17) is 0 Å². The summed E-state index contributed by atoms with van der Waals surface area (Å²) < 4.78 is 34.4. The molecule has 0 aliphatic heterocycles. The molecular formula is C9H9F3U. The SMILES string of the molecule is C=CC(C)[C-]=CC=[C-]C(F)(F)F.[U+2]. The summed E-state index contributed by atoms with van der Waals surface area (Å²) in [7, 11) is 0. The molecular weight excluding hydrogens is 403 g/mol. The van der Waals surface area contributed by atoms with E-state index in [-0.39, 0.29) is 37.0 Å². The molecule has 0 spiro atoms. The third-order valence-corrected chi connectivity index (χ3v) is 1.04. The van der Waals surface area contributed by atoms with E-state index in [9.17, 15) is 13.2 Å². The van der Waals surface area contributed by atoms with Gasteiger partial charge >= 0.3 is 37.3 Å². The van der Waals surface area contributed by atoms with Gasteiger partial charge in [0, 0.05) is 0 Å². The number of allylic oxidation sites excluding steroid dienone is 5. The van der Waals surface area contributed by atoms with Gasteiger partial charge in [0.1, 0.15) is 0 Å². The molecule has 0 bridgehead atoms. The average Bonchev–Trinajstić information content (AvgIpc) is 1.96. The molecule has 0 aromatic rings. The van der Waals surface area contributed by atoms with E-state index in [1.54, 1.807) is 13.0 Å². The van der Waals surface area contributed by atoms with E-state index in [1.165, 1.54) is 12.2 Å². The van der Waals surface area contributed by atoms with Gasteiger partial charge in [-0.2, -0.15) is 13.2 Å². The molecule has 0 saturated carbocycles. The summed E-state index contributed by atoms with van der Waals surface area (Å²) in [5.74, 6) is -0.0451. The van der Waals surface area contributed by atoms with Gasteiger partial charge in [-0.05, 0) is 0 Å². The molecule has 0 N–H and O–H groups in total. The molecule has 0 rings (SSSR count). The maximum Gasteiger partial charge on any atom is 2.00 e. The van der Waals surface area contributed by atoms with Gasteiger partial charge in [-0.15, -0.1) is 12.7 Å². The van der Waals surface area contributed by atoms with Crippen LogP contribution in [0.5, 0.6) is 0 Å². The Morgan fingerprint density at radius 3 is 2.23 bits per heavy atom. The molecule has 1 atom stereocenters. The summed E-state index contributed by atoms with van der Waals surface area (Å²) in [5.41, 5.74) is 0. The van der Waals surface area contributed by atoms with E-state index < -0.39 is 6.18 Å². The second kappa shape index (κ2) is 7.46. The fraction of sp³-hybridized carbons (Fsp3) is 0.333. The second-order valence-electron chi connectivity index (χ2n) is 2.17. The fourth-order valence-corrected chi connectivity index (χ4v) is 0.404. The van der Waals surface area contributed by atoms with Gasteiger partial charge in [-0.25, -0.2) is 0 Å². The van der Waals surface area contributed by atoms with Crippen molar-refractivity contribution < 1.29 is 44.3 Å². The standard InChI is InChI=1S/C9H9F3.U/c1-3-8(2)6-4-5-7-9(10,11)12;/h3-5,8H,1H2,2H3;/q-2;+2. The van der Waals surface area contributed by atoms with Crippen molar-refractivity contribution in [2.45, 2.75) is 13.1 Å². The number of hydrogen-bond donors (Lipinski definition) is 0. The van der Waals surface area contributed by atoms with Crippen molar-refractivity contribution in [2.24, 2.45) is 5.92 Å². The molecule has 0 aromatic carbocycles. The molecule has 0 aliphatic carbocycles. The predicted molar refractivity (Wildman–Crippen MR) is 41.0 cm³/mol. The Bertz CT molecular complexity index is 192. The summed E-state index contributed by atoms with van der Waals surface area (Å²) in [6, 6.07) is 0. The molecule has 0 fully saturated rings. The molecule has 1 unspecified atom stereocenters. The van der Waals surface area contributed by atoms with Crippen molar-refractivity contribution in [1.82, 2.24) is 0 Å². The molecule has 0 heterocycles. The number of alkyl halides is 3. The van der Waals surface area contributed by atoms with Crippen LogP contribution in [0.4, 0.5) is 13.2 Å². The number of halogens is 3. The van der Waals surface area contributed by atoms with Gasteiger partial charge in [0.05, 0.1) is 0 Å². The normalized spacial score (nSPS) is 14.5. The molecule has 0 amide bonds. The minimum atomic E-state index is -4.37. The molecule has 4 heteroatoms. The Balaban J connectivity index is 0. The van der Waals surface area contributed by atoms with Crippen LogP contribution >= 0.6 is 0 Å². The van der Waals surface area contributed by atoms with Gasteiger partial charge in [0.2, 0.25) is 0 Å². The second-order valence-corrected chi connectivity index (χ2v) is 2.17. The third kappa shape index (κ3) is 12.1. The van der Waals surface area contributed by atoms with Crippen LogP contribution in [0.15, 0.2) is 24.8 Å². The Morgan fingerprint density at radius 1 is 1.31 bits per heavy atom. The summed E-state index contributed by atoms with van der Waals surface area (Å²) in [6.45, 7) is 5.22. The van der Waals surface area contributed by atoms with Crippen LogP contribution in [0, 0.1) is 49.2 Å². The summed E-state index contributed by atoms with van der Waals surface area (Å²) in [5, 5.41) is 0. The quantitative estimate of drug-likeness (QED) is 0.380. The first kappa shape index (κ1) is 15.5. The Kier molecular flexibility index (Phi) is 8.92. The van der Waals surface area contributed by atoms with Crippen LogP contribution < -0.4 is 0 Å². The Hall–Kier alpha value is 0.0619. The zero-order valence-electron chi connectivity index (χ0n) is 7.15. The van der Waals surface area contributed by atoms with E-state index in [0.717, 1.165) is 6.08 Å². The van der Waals surface area contributed by atoms with Crippen molar-refractivity contribution in [1.29, 1.82) is 0 Å². The maximum atomic E-state index is 11.5. The topological polar surface area (TPSA) is 0 Å². The average molecular weight is 412 g/mol. The molecule has 0 saturated heterocycles. The molecule has 0 nitrogen and oxygen atoms in total. The van der Waals surface area contributed by atoms with Gasteiger partial charge in [-0.1, -0.05) is 12.8 Å². The van der Waals surface area contributed by atoms with Crippen molar-refractivity contribution in [3.8, 4) is 0 Å². The van der Waals surface area contributed by atoms with Crippen LogP contribution in [0.2, 0.25) is 0 Å². The molecule has 70 valence electrons. The first-order valence-electron chi connectivity index (χ1n) is 3.34. The summed E-state index contributed by atoms with van der Waals surface area (Å²) >= 11 is 0. The van der Waals surface area contributed by atoms with Crippen LogP contribution in [0.3, 0.4) is 0 Å². The summed E-state index contributed by atoms with van der Waals surface area (Å²) in [4.78, 5) is 0. The largest absolute Gasteiger partial charge is 2.00 e. The molecule has 13 heavy (non-hydrogen) atoms. The van der Waals surface area contributed by atoms with E-state index in [0.29, 0.717) is 0 Å². The van der Waals surface area contributed by atoms with Crippen molar-refractivity contribution in [3.05, 3.63) is 37.0 Å². The predicted octanol–water partition coefficient (Wildman–Crippen LogP) is 3.09. The maximum absolute atomic E-state index is 11.5. The minimum Gasteiger partial charge on any atom is -0.390 e. The van der Waals surface area contributed by atoms with Gasteiger partial charge < -0.3 is 18.2 Å². The van der Waals surface area contributed by atoms with Crippen LogP contribution in [-0.2, 0) is 0 Å². The minimum absolute atomic E-state index is 0. The first-order chi connectivity index (χ1) is 5.45. The smallest absolute Gasteiger partial charge is 0.390 e. The third-order valence-electron chi connectivity index (χ3n) is 1.04. The van der Waals surface area contributed by atoms with Crippen molar-refractivity contribution in [2.75, 3.05) is 0 Å². The van der Waals surface area contributed by atoms with Crippen molar-refractivity contribution in [3.63, 3.8) is 0 Å². The zero-order chi connectivity index (χ0) is 9.61. The van der Waals surface area contributed by atoms with Gasteiger partial charge in [0.25, 0.3) is 0 Å². The number of hydrogen-bond acceptors (Lipinski definition) is 0. The van der Waals surface area contributed by atoms with E-state index >= 15 is 0 Å². The first-order valence-corrected chi connectivity index (χ1v) is 3.34. The van der Waals surface area contributed by atoms with Gasteiger partial charge in [-0.3, -0.25) is 6.08 Å². The van der Waals surface area contributed by atoms with Crippen molar-refractivity contribution >= 4 is 0 Å². The van der Waals surface area contributed by atoms with Gasteiger partial charge in [0.15, 0.2) is 0 Å².